The molecule has 0 saturated carbocycles. The Morgan fingerprint density at radius 2 is 2.00 bits per heavy atom. The molecule has 2 aromatic rings. The maximum absolute atomic E-state index is 6.45. The van der Waals surface area contributed by atoms with Gasteiger partial charge in [-0.25, -0.2) is 4.98 Å². The van der Waals surface area contributed by atoms with E-state index >= 15 is 0 Å². The van der Waals surface area contributed by atoms with Crippen molar-refractivity contribution in [3.8, 4) is 0 Å². The van der Waals surface area contributed by atoms with Crippen molar-refractivity contribution in [3.05, 3.63) is 46.9 Å². The summed E-state index contributed by atoms with van der Waals surface area (Å²) in [6.45, 7) is 2.73. The van der Waals surface area contributed by atoms with Gasteiger partial charge in [0.25, 0.3) is 0 Å². The summed E-state index contributed by atoms with van der Waals surface area (Å²) in [5.41, 5.74) is 2.88. The van der Waals surface area contributed by atoms with E-state index in [9.17, 15) is 0 Å². The zero-order valence-electron chi connectivity index (χ0n) is 12.8. The number of rotatable bonds is 2. The lowest BCUT2D eigenvalue weighted by Gasteiger charge is -2.28. The topological polar surface area (TPSA) is 53.4 Å². The van der Waals surface area contributed by atoms with Crippen molar-refractivity contribution in [1.29, 1.82) is 0 Å². The third-order valence-electron chi connectivity index (χ3n) is 4.26. The average molecular weight is 328 g/mol. The lowest BCUT2D eigenvalue weighted by molar-refractivity contribution is 0.573. The Balaban J connectivity index is 1.53. The molecule has 0 atom stereocenters. The van der Waals surface area contributed by atoms with Crippen molar-refractivity contribution in [2.75, 3.05) is 23.3 Å². The van der Waals surface area contributed by atoms with E-state index in [4.69, 9.17) is 11.6 Å². The van der Waals surface area contributed by atoms with Gasteiger partial charge in [-0.3, -0.25) is 9.98 Å². The number of nitrogens with zero attached hydrogens (tertiary/aromatic N) is 4. The smallest absolute Gasteiger partial charge is 0.152 e. The molecule has 0 spiro atoms. The third-order valence-corrected chi connectivity index (χ3v) is 4.54. The first kappa shape index (κ1) is 14.5. The number of aliphatic imine (C=N–C) groups is 1. The minimum atomic E-state index is 0.665. The predicted octanol–water partition coefficient (Wildman–Crippen LogP) is 3.49. The van der Waals surface area contributed by atoms with E-state index in [0.29, 0.717) is 11.6 Å². The Morgan fingerprint density at radius 1 is 1.13 bits per heavy atom. The van der Waals surface area contributed by atoms with Crippen molar-refractivity contribution in [1.82, 2.24) is 9.97 Å². The van der Waals surface area contributed by atoms with Gasteiger partial charge in [0.15, 0.2) is 5.84 Å². The second-order valence-corrected chi connectivity index (χ2v) is 6.29. The Bertz CT molecular complexity index is 752. The zero-order chi connectivity index (χ0) is 15.6. The van der Waals surface area contributed by atoms with Crippen LogP contribution in [0.1, 0.15) is 30.5 Å². The first-order chi connectivity index (χ1) is 11.3. The molecule has 4 heterocycles. The fourth-order valence-electron chi connectivity index (χ4n) is 3.09. The van der Waals surface area contributed by atoms with Crippen LogP contribution in [0.15, 0.2) is 35.6 Å². The standard InChI is InChI=1S/C17H18ClN5/c18-14-9-13(11-21-17(14)23-7-2-1-3-8-23)22-16-15-12(10-20-16)5-4-6-19-15/h4-6,9,11H,1-3,7-8,10H2,(H,20,22). The summed E-state index contributed by atoms with van der Waals surface area (Å²) in [6.07, 6.45) is 7.31. The van der Waals surface area contributed by atoms with Crippen LogP contribution in [-0.2, 0) is 6.54 Å². The molecule has 23 heavy (non-hydrogen) atoms. The molecule has 0 aromatic carbocycles. The highest BCUT2D eigenvalue weighted by Gasteiger charge is 2.19. The average Bonchev–Trinajstić information content (AvgIpc) is 2.99. The number of nitrogens with one attached hydrogen (secondary N) is 1. The van der Waals surface area contributed by atoms with E-state index in [1.807, 2.05) is 24.4 Å². The second-order valence-electron chi connectivity index (χ2n) is 5.88. The van der Waals surface area contributed by atoms with Gasteiger partial charge < -0.3 is 10.2 Å². The molecule has 1 N–H and O–H groups in total. The molecular weight excluding hydrogens is 310 g/mol. The van der Waals surface area contributed by atoms with Gasteiger partial charge in [-0.2, -0.15) is 0 Å². The van der Waals surface area contributed by atoms with E-state index in [0.717, 1.165) is 41.7 Å². The highest BCUT2D eigenvalue weighted by molar-refractivity contribution is 6.33. The molecule has 118 valence electrons. The van der Waals surface area contributed by atoms with Gasteiger partial charge in [0.2, 0.25) is 0 Å². The van der Waals surface area contributed by atoms with E-state index in [2.05, 4.69) is 25.2 Å². The summed E-state index contributed by atoms with van der Waals surface area (Å²) >= 11 is 6.45. The molecule has 5 nitrogen and oxygen atoms in total. The van der Waals surface area contributed by atoms with Crippen LogP contribution in [-0.4, -0.2) is 28.9 Å². The number of aromatic nitrogens is 2. The first-order valence-electron chi connectivity index (χ1n) is 7.97. The summed E-state index contributed by atoms with van der Waals surface area (Å²) in [6, 6.07) is 5.90. The van der Waals surface area contributed by atoms with E-state index in [-0.39, 0.29) is 0 Å². The van der Waals surface area contributed by atoms with Gasteiger partial charge >= 0.3 is 0 Å². The molecule has 2 aliphatic heterocycles. The number of halogens is 1. The van der Waals surface area contributed by atoms with E-state index in [1.165, 1.54) is 19.3 Å². The van der Waals surface area contributed by atoms with Crippen molar-refractivity contribution in [2.45, 2.75) is 25.8 Å². The van der Waals surface area contributed by atoms with Crippen molar-refractivity contribution in [2.24, 2.45) is 4.99 Å². The van der Waals surface area contributed by atoms with Crippen LogP contribution in [0, 0.1) is 0 Å². The SMILES string of the molecule is Clc1cc(NC2=NCc3cccnc32)cnc1N1CCCCC1. The third kappa shape index (κ3) is 2.88. The van der Waals surface area contributed by atoms with Crippen LogP contribution in [0.4, 0.5) is 11.5 Å². The molecule has 2 aromatic heterocycles. The molecule has 0 radical (unpaired) electrons. The minimum absolute atomic E-state index is 0.665. The second kappa shape index (κ2) is 6.16. The molecule has 4 rings (SSSR count). The number of fused-ring (bicyclic) bond motifs is 1. The van der Waals surface area contributed by atoms with Gasteiger partial charge in [0, 0.05) is 24.8 Å². The fraction of sp³-hybridized carbons (Fsp3) is 0.353. The summed E-state index contributed by atoms with van der Waals surface area (Å²) in [5, 5.41) is 3.97. The fourth-order valence-corrected chi connectivity index (χ4v) is 3.38. The Hall–Kier alpha value is -2.14. The Labute approximate surface area is 140 Å². The molecule has 0 aliphatic carbocycles. The molecule has 1 saturated heterocycles. The van der Waals surface area contributed by atoms with Crippen LogP contribution >= 0.6 is 11.6 Å². The van der Waals surface area contributed by atoms with Gasteiger partial charge in [-0.1, -0.05) is 17.7 Å². The largest absolute Gasteiger partial charge is 0.355 e. The summed E-state index contributed by atoms with van der Waals surface area (Å²) < 4.78 is 0. The summed E-state index contributed by atoms with van der Waals surface area (Å²) in [4.78, 5) is 15.7. The highest BCUT2D eigenvalue weighted by atomic mass is 35.5. The van der Waals surface area contributed by atoms with E-state index < -0.39 is 0 Å². The van der Waals surface area contributed by atoms with Crippen molar-refractivity contribution >= 4 is 28.9 Å². The molecule has 0 bridgehead atoms. The first-order valence-corrected chi connectivity index (χ1v) is 8.35. The summed E-state index contributed by atoms with van der Waals surface area (Å²) in [7, 11) is 0. The number of hydrogen-bond donors (Lipinski definition) is 1. The number of amidine groups is 1. The quantitative estimate of drug-likeness (QED) is 0.917. The zero-order valence-corrected chi connectivity index (χ0v) is 13.6. The Morgan fingerprint density at radius 3 is 2.83 bits per heavy atom. The van der Waals surface area contributed by atoms with Crippen LogP contribution in [0.3, 0.4) is 0 Å². The van der Waals surface area contributed by atoms with Gasteiger partial charge in [0.1, 0.15) is 11.5 Å². The van der Waals surface area contributed by atoms with Crippen LogP contribution in [0.5, 0.6) is 0 Å². The van der Waals surface area contributed by atoms with Crippen molar-refractivity contribution < 1.29 is 0 Å². The molecule has 0 unspecified atom stereocenters. The number of pyridine rings is 2. The number of anilines is 2. The number of piperidine rings is 1. The van der Waals surface area contributed by atoms with Gasteiger partial charge in [-0.05, 0) is 31.4 Å². The normalized spacial score (nSPS) is 16.9. The van der Waals surface area contributed by atoms with Crippen molar-refractivity contribution in [3.63, 3.8) is 0 Å². The van der Waals surface area contributed by atoms with Crippen LogP contribution in [0.25, 0.3) is 0 Å². The molecule has 6 heteroatoms. The summed E-state index contributed by atoms with van der Waals surface area (Å²) in [5.74, 6) is 1.66. The van der Waals surface area contributed by atoms with Gasteiger partial charge in [0.05, 0.1) is 23.5 Å². The van der Waals surface area contributed by atoms with Gasteiger partial charge in [-0.15, -0.1) is 0 Å². The molecule has 2 aliphatic rings. The monoisotopic (exact) mass is 327 g/mol. The van der Waals surface area contributed by atoms with Crippen LogP contribution in [0.2, 0.25) is 5.02 Å². The molecular formula is C17H18ClN5. The maximum Gasteiger partial charge on any atom is 0.152 e. The molecule has 1 fully saturated rings. The lowest BCUT2D eigenvalue weighted by Crippen LogP contribution is -2.30. The minimum Gasteiger partial charge on any atom is -0.355 e. The van der Waals surface area contributed by atoms with Crippen LogP contribution < -0.4 is 10.2 Å². The lowest BCUT2D eigenvalue weighted by atomic mass is 10.1. The predicted molar refractivity (Wildman–Crippen MR) is 93.4 cm³/mol. The maximum atomic E-state index is 6.45. The molecule has 0 amide bonds. The van der Waals surface area contributed by atoms with E-state index in [1.54, 1.807) is 6.20 Å². The Kier molecular flexibility index (Phi) is 3.87. The highest BCUT2D eigenvalue weighted by Crippen LogP contribution is 2.29. The number of hydrogen-bond acceptors (Lipinski definition) is 5.